The number of aromatic hydroxyl groups is 2. The standard InChI is InChI=1S/C30H26N6O10S2.Cu/c1-41-27-15-24(26(37)14-25(27)35-33-20-3-2-4-22(13-20)47-45-43-39)34-36-29-28(48-46-44-40)12-17-11-19(7-10-23(17)30(29)38)32-16-42-21-8-5-18(31)6-9-21;/h2-15,32,37-40H,16,31H2,1H3;. The summed E-state index contributed by atoms with van der Waals surface area (Å²) in [7, 11) is 1.40. The molecule has 49 heavy (non-hydrogen) atoms. The second-order valence-electron chi connectivity index (χ2n) is 9.40. The van der Waals surface area contributed by atoms with E-state index in [4.69, 9.17) is 25.7 Å². The van der Waals surface area contributed by atoms with Crippen LogP contribution in [-0.4, -0.2) is 34.6 Å². The van der Waals surface area contributed by atoms with E-state index < -0.39 is 0 Å². The first kappa shape index (κ1) is 37.2. The molecule has 19 heteroatoms. The smallest absolute Gasteiger partial charge is 0.159 e. The monoisotopic (exact) mass is 757 g/mol. The van der Waals surface area contributed by atoms with Crippen LogP contribution in [0, 0.1) is 0 Å². The molecule has 0 unspecified atom stereocenters. The number of phenols is 2. The molecular formula is C30H26CuN6O10S2. The van der Waals surface area contributed by atoms with Crippen molar-refractivity contribution in [2.75, 3.05) is 24.9 Å². The second kappa shape index (κ2) is 18.2. The number of methoxy groups -OCH3 is 1. The topological polar surface area (TPSA) is 224 Å². The average molecular weight is 758 g/mol. The minimum absolute atomic E-state index is 0. The van der Waals surface area contributed by atoms with E-state index in [1.54, 1.807) is 72.8 Å². The number of phenolic OH excluding ortho intramolecular Hbond substituents is 2. The molecule has 16 nitrogen and oxygen atoms in total. The number of anilines is 2. The molecule has 7 N–H and O–H groups in total. The number of ether oxygens (including phenoxy) is 2. The zero-order chi connectivity index (χ0) is 33.9. The van der Waals surface area contributed by atoms with E-state index in [1.807, 2.05) is 0 Å². The molecule has 5 aromatic carbocycles. The summed E-state index contributed by atoms with van der Waals surface area (Å²) in [6.07, 6.45) is 0. The average Bonchev–Trinajstić information content (AvgIpc) is 3.10. The Hall–Kier alpha value is -4.66. The summed E-state index contributed by atoms with van der Waals surface area (Å²) in [4.78, 5) is 0.801. The van der Waals surface area contributed by atoms with Crippen molar-refractivity contribution in [3.63, 3.8) is 0 Å². The van der Waals surface area contributed by atoms with Crippen LogP contribution in [0.1, 0.15) is 0 Å². The minimum atomic E-state index is -0.312. The van der Waals surface area contributed by atoms with Gasteiger partial charge in [-0.2, -0.15) is 5.11 Å². The Balaban J connectivity index is 0.00000541. The number of hydrogen-bond donors (Lipinski definition) is 6. The maximum atomic E-state index is 11.2. The van der Waals surface area contributed by atoms with Crippen LogP contribution >= 0.6 is 24.1 Å². The van der Waals surface area contributed by atoms with Crippen molar-refractivity contribution in [2.24, 2.45) is 20.5 Å². The van der Waals surface area contributed by atoms with E-state index in [2.05, 4.69) is 44.5 Å². The van der Waals surface area contributed by atoms with Gasteiger partial charge in [0.2, 0.25) is 0 Å². The fourth-order valence-electron chi connectivity index (χ4n) is 4.18. The molecular weight excluding hydrogens is 732 g/mol. The molecule has 0 aliphatic heterocycles. The Labute approximate surface area is 297 Å². The van der Waals surface area contributed by atoms with Crippen LogP contribution in [0.4, 0.5) is 34.1 Å². The minimum Gasteiger partial charge on any atom is -0.506 e. The molecule has 0 heterocycles. The Morgan fingerprint density at radius 2 is 1.55 bits per heavy atom. The Morgan fingerprint density at radius 3 is 2.31 bits per heavy atom. The Kier molecular flexibility index (Phi) is 13.8. The van der Waals surface area contributed by atoms with Crippen molar-refractivity contribution in [2.45, 2.75) is 9.79 Å². The van der Waals surface area contributed by atoms with Gasteiger partial charge in [-0.25, -0.2) is 10.5 Å². The largest absolute Gasteiger partial charge is 0.506 e. The summed E-state index contributed by atoms with van der Waals surface area (Å²) in [5.41, 5.74) is 7.60. The predicted molar refractivity (Wildman–Crippen MR) is 176 cm³/mol. The first-order valence-corrected chi connectivity index (χ1v) is 15.0. The van der Waals surface area contributed by atoms with Crippen molar-refractivity contribution in [3.8, 4) is 23.0 Å². The molecule has 259 valence electrons. The third-order valence-electron chi connectivity index (χ3n) is 6.39. The molecule has 0 saturated carbocycles. The van der Waals surface area contributed by atoms with Crippen LogP contribution in [0.25, 0.3) is 10.8 Å². The third kappa shape index (κ3) is 9.94. The van der Waals surface area contributed by atoms with Crippen molar-refractivity contribution in [1.82, 2.24) is 0 Å². The van der Waals surface area contributed by atoms with Crippen LogP contribution < -0.4 is 20.5 Å². The molecule has 0 bridgehead atoms. The summed E-state index contributed by atoms with van der Waals surface area (Å²) in [6, 6.07) is 23.1. The van der Waals surface area contributed by atoms with Gasteiger partial charge in [-0.3, -0.25) is 0 Å². The summed E-state index contributed by atoms with van der Waals surface area (Å²) in [5, 5.41) is 67.1. The molecule has 0 aromatic heterocycles. The number of rotatable bonds is 15. The van der Waals surface area contributed by atoms with E-state index in [0.29, 0.717) is 50.5 Å². The summed E-state index contributed by atoms with van der Waals surface area (Å²) < 4.78 is 20.2. The van der Waals surface area contributed by atoms with Crippen LogP contribution in [-0.2, 0) is 35.8 Å². The van der Waals surface area contributed by atoms with Crippen LogP contribution in [0.5, 0.6) is 23.0 Å². The number of azo groups is 2. The first-order chi connectivity index (χ1) is 23.4. The number of benzene rings is 5. The van der Waals surface area contributed by atoms with E-state index in [-0.39, 0.29) is 63.0 Å². The van der Waals surface area contributed by atoms with E-state index >= 15 is 0 Å². The molecule has 5 aromatic rings. The quantitative estimate of drug-likeness (QED) is 0.0112. The molecule has 0 fully saturated rings. The van der Waals surface area contributed by atoms with Gasteiger partial charge < -0.3 is 30.7 Å². The maximum absolute atomic E-state index is 11.2. The fraction of sp³-hybridized carbons (Fsp3) is 0.0667. The molecule has 5 rings (SSSR count). The van der Waals surface area contributed by atoms with Crippen molar-refractivity contribution >= 4 is 69.0 Å². The first-order valence-electron chi connectivity index (χ1n) is 13.5. The van der Waals surface area contributed by atoms with Crippen molar-refractivity contribution in [3.05, 3.63) is 84.9 Å². The number of hydrogen-bond acceptors (Lipinski definition) is 18. The van der Waals surface area contributed by atoms with Crippen molar-refractivity contribution in [1.29, 1.82) is 0 Å². The van der Waals surface area contributed by atoms with Gasteiger partial charge in [-0.1, -0.05) is 16.1 Å². The SMILES string of the molecule is COc1cc(N=Nc2c(SOOO)cc3cc(NCOc4ccc(N)cc4)ccc3c2O)c(O)cc1N=Nc1cccc(SOOO)c1.[Cu]. The van der Waals surface area contributed by atoms with Crippen LogP contribution in [0.3, 0.4) is 0 Å². The number of nitrogens with one attached hydrogen (secondary N) is 1. The van der Waals surface area contributed by atoms with Gasteiger partial charge in [-0.15, -0.1) is 24.0 Å². The van der Waals surface area contributed by atoms with E-state index in [9.17, 15) is 10.2 Å². The van der Waals surface area contributed by atoms with Gasteiger partial charge in [0.25, 0.3) is 0 Å². The normalized spacial score (nSPS) is 11.2. The predicted octanol–water partition coefficient (Wildman–Crippen LogP) is 8.98. The van der Waals surface area contributed by atoms with E-state index in [1.165, 1.54) is 19.2 Å². The molecule has 0 aliphatic rings. The Morgan fingerprint density at radius 1 is 0.796 bits per heavy atom. The van der Waals surface area contributed by atoms with Gasteiger partial charge in [-0.05, 0) is 72.1 Å². The molecule has 0 spiro atoms. The summed E-state index contributed by atoms with van der Waals surface area (Å²) in [6.45, 7) is 0.160. The fourth-order valence-corrected chi connectivity index (χ4v) is 5.08. The second-order valence-corrected chi connectivity index (χ2v) is 10.9. The van der Waals surface area contributed by atoms with Gasteiger partial charge in [0.1, 0.15) is 34.3 Å². The number of nitrogen functional groups attached to an aromatic ring is 1. The van der Waals surface area contributed by atoms with Gasteiger partial charge in [0, 0.05) is 50.9 Å². The molecule has 0 atom stereocenters. The summed E-state index contributed by atoms with van der Waals surface area (Å²) >= 11 is 1.34. The zero-order valence-corrected chi connectivity index (χ0v) is 27.6. The molecule has 0 aliphatic carbocycles. The molecule has 1 radical (unpaired) electrons. The molecule has 0 saturated heterocycles. The zero-order valence-electron chi connectivity index (χ0n) is 25.0. The van der Waals surface area contributed by atoms with Gasteiger partial charge in [0.05, 0.1) is 41.8 Å². The maximum Gasteiger partial charge on any atom is 0.159 e. The van der Waals surface area contributed by atoms with E-state index in [0.717, 1.165) is 12.0 Å². The number of nitrogens with zero attached hydrogens (tertiary/aromatic N) is 4. The van der Waals surface area contributed by atoms with Gasteiger partial charge in [0.15, 0.2) is 12.5 Å². The van der Waals surface area contributed by atoms with Crippen LogP contribution in [0.15, 0.2) is 115 Å². The van der Waals surface area contributed by atoms with Crippen molar-refractivity contribution < 1.29 is 66.0 Å². The third-order valence-corrected chi connectivity index (χ3v) is 7.58. The molecule has 0 amide bonds. The van der Waals surface area contributed by atoms with Gasteiger partial charge >= 0.3 is 0 Å². The summed E-state index contributed by atoms with van der Waals surface area (Å²) in [5.74, 6) is 0.282. The number of fused-ring (bicyclic) bond motifs is 1. The number of nitrogens with two attached hydrogens (primary N) is 1. The Bertz CT molecular complexity index is 1940. The van der Waals surface area contributed by atoms with Crippen LogP contribution in [0.2, 0.25) is 0 Å².